The lowest BCUT2D eigenvalue weighted by atomic mass is 10.0. The minimum Gasteiger partial charge on any atom is -0.497 e. The number of hydrogen-bond acceptors (Lipinski definition) is 3. The number of amides is 1. The Bertz CT molecular complexity index is 512. The molecule has 1 fully saturated rings. The van der Waals surface area contributed by atoms with Gasteiger partial charge in [-0.1, -0.05) is 38.5 Å². The van der Waals surface area contributed by atoms with Gasteiger partial charge in [-0.3, -0.25) is 4.79 Å². The van der Waals surface area contributed by atoms with Crippen LogP contribution in [-0.2, 0) is 4.79 Å². The van der Waals surface area contributed by atoms with Crippen LogP contribution in [0.3, 0.4) is 0 Å². The van der Waals surface area contributed by atoms with Gasteiger partial charge in [0.2, 0.25) is 5.91 Å². The lowest BCUT2D eigenvalue weighted by Gasteiger charge is -2.27. The van der Waals surface area contributed by atoms with E-state index in [1.807, 2.05) is 18.2 Å². The molecule has 1 unspecified atom stereocenters. The Hall–Kier alpha value is -1.71. The zero-order valence-corrected chi connectivity index (χ0v) is 12.7. The van der Waals surface area contributed by atoms with E-state index < -0.39 is 0 Å². The van der Waals surface area contributed by atoms with Crippen molar-refractivity contribution in [2.75, 3.05) is 17.7 Å². The molecule has 4 heteroatoms. The van der Waals surface area contributed by atoms with Crippen molar-refractivity contribution < 1.29 is 9.53 Å². The highest BCUT2D eigenvalue weighted by molar-refractivity contribution is 6.03. The first-order valence-electron chi connectivity index (χ1n) is 8.01. The highest BCUT2D eigenvalue weighted by Gasteiger charge is 2.25. The van der Waals surface area contributed by atoms with E-state index in [1.165, 1.54) is 32.1 Å². The van der Waals surface area contributed by atoms with Gasteiger partial charge in [0.15, 0.2) is 0 Å². The van der Waals surface area contributed by atoms with E-state index in [0.717, 1.165) is 35.9 Å². The molecule has 0 radical (unpaired) electrons. The number of fused-ring (bicyclic) bond motifs is 1. The molecule has 0 aromatic heterocycles. The van der Waals surface area contributed by atoms with E-state index in [2.05, 4.69) is 10.6 Å². The number of nitrogens with one attached hydrogen (secondary N) is 2. The van der Waals surface area contributed by atoms with Crippen molar-refractivity contribution in [1.82, 2.24) is 0 Å². The first-order chi connectivity index (χ1) is 10.3. The van der Waals surface area contributed by atoms with Crippen molar-refractivity contribution in [1.29, 1.82) is 0 Å². The molecule has 1 aliphatic carbocycles. The fourth-order valence-electron chi connectivity index (χ4n) is 2.92. The van der Waals surface area contributed by atoms with Gasteiger partial charge in [0, 0.05) is 6.07 Å². The fourth-order valence-corrected chi connectivity index (χ4v) is 2.92. The smallest absolute Gasteiger partial charge is 0.246 e. The molecule has 114 valence electrons. The van der Waals surface area contributed by atoms with Crippen LogP contribution in [0.1, 0.15) is 44.9 Å². The van der Waals surface area contributed by atoms with Crippen LogP contribution >= 0.6 is 0 Å². The third-order valence-electron chi connectivity index (χ3n) is 4.43. The van der Waals surface area contributed by atoms with Crippen LogP contribution in [0.15, 0.2) is 18.2 Å². The van der Waals surface area contributed by atoms with Crippen LogP contribution in [0.4, 0.5) is 11.4 Å². The Kier molecular flexibility index (Phi) is 4.32. The van der Waals surface area contributed by atoms with E-state index in [-0.39, 0.29) is 11.9 Å². The predicted octanol–water partition coefficient (Wildman–Crippen LogP) is 3.79. The van der Waals surface area contributed by atoms with E-state index in [9.17, 15) is 4.79 Å². The van der Waals surface area contributed by atoms with Gasteiger partial charge < -0.3 is 15.4 Å². The average Bonchev–Trinajstić information content (AvgIpc) is 3.31. The molecule has 1 aliphatic heterocycles. The minimum absolute atomic E-state index is 0.0675. The van der Waals surface area contributed by atoms with Crippen LogP contribution in [0, 0.1) is 5.92 Å². The maximum atomic E-state index is 12.1. The zero-order chi connectivity index (χ0) is 14.7. The summed E-state index contributed by atoms with van der Waals surface area (Å²) in [6.07, 6.45) is 8.82. The molecule has 0 bridgehead atoms. The lowest BCUT2D eigenvalue weighted by Crippen LogP contribution is -2.38. The maximum Gasteiger partial charge on any atom is 0.246 e. The van der Waals surface area contributed by atoms with Crippen LogP contribution < -0.4 is 15.4 Å². The normalized spacial score (nSPS) is 20.4. The second-order valence-electron chi connectivity index (χ2n) is 6.18. The number of rotatable bonds is 7. The molecule has 1 aromatic carbocycles. The monoisotopic (exact) mass is 288 g/mol. The molecule has 1 atom stereocenters. The zero-order valence-electron chi connectivity index (χ0n) is 12.7. The third kappa shape index (κ3) is 3.69. The molecule has 0 saturated heterocycles. The number of ether oxygens (including phenoxy) is 1. The van der Waals surface area contributed by atoms with Crippen LogP contribution in [0.5, 0.6) is 5.75 Å². The molecule has 1 heterocycles. The largest absolute Gasteiger partial charge is 0.497 e. The molecular formula is C17H24N2O2. The molecule has 0 spiro atoms. The van der Waals surface area contributed by atoms with Gasteiger partial charge in [-0.25, -0.2) is 0 Å². The van der Waals surface area contributed by atoms with Crippen LogP contribution in [-0.4, -0.2) is 19.1 Å². The molecule has 21 heavy (non-hydrogen) atoms. The van der Waals surface area contributed by atoms with E-state index in [0.29, 0.717) is 0 Å². The Morgan fingerprint density at radius 3 is 2.71 bits per heavy atom. The van der Waals surface area contributed by atoms with Crippen molar-refractivity contribution in [3.05, 3.63) is 18.2 Å². The molecular weight excluding hydrogens is 264 g/mol. The summed E-state index contributed by atoms with van der Waals surface area (Å²) in [4.78, 5) is 12.1. The van der Waals surface area contributed by atoms with Crippen molar-refractivity contribution in [3.8, 4) is 5.75 Å². The number of benzene rings is 1. The average molecular weight is 288 g/mol. The Balaban J connectivity index is 1.48. The van der Waals surface area contributed by atoms with Crippen molar-refractivity contribution in [2.45, 2.75) is 51.0 Å². The SMILES string of the molecule is COc1ccc2c(c1)NC(=O)C(CCCCCC1CC1)N2. The molecule has 2 N–H and O–H groups in total. The Morgan fingerprint density at radius 1 is 1.14 bits per heavy atom. The Morgan fingerprint density at radius 2 is 1.95 bits per heavy atom. The van der Waals surface area contributed by atoms with Gasteiger partial charge >= 0.3 is 0 Å². The topological polar surface area (TPSA) is 50.4 Å². The molecule has 1 aromatic rings. The minimum atomic E-state index is -0.105. The number of methoxy groups -OCH3 is 1. The van der Waals surface area contributed by atoms with Crippen LogP contribution in [0.25, 0.3) is 0 Å². The number of carbonyl (C=O) groups excluding carboxylic acids is 1. The summed E-state index contributed by atoms with van der Waals surface area (Å²) in [7, 11) is 1.63. The highest BCUT2D eigenvalue weighted by Crippen LogP contribution is 2.34. The first kappa shape index (κ1) is 14.2. The highest BCUT2D eigenvalue weighted by atomic mass is 16.5. The van der Waals surface area contributed by atoms with E-state index in [1.54, 1.807) is 7.11 Å². The molecule has 1 saturated carbocycles. The third-order valence-corrected chi connectivity index (χ3v) is 4.43. The molecule has 2 aliphatic rings. The summed E-state index contributed by atoms with van der Waals surface area (Å²) >= 11 is 0. The fraction of sp³-hybridized carbons (Fsp3) is 0.588. The van der Waals surface area contributed by atoms with Gasteiger partial charge in [0.25, 0.3) is 0 Å². The van der Waals surface area contributed by atoms with Gasteiger partial charge in [0.05, 0.1) is 18.5 Å². The van der Waals surface area contributed by atoms with Gasteiger partial charge in [-0.15, -0.1) is 0 Å². The summed E-state index contributed by atoms with van der Waals surface area (Å²) in [5, 5.41) is 6.31. The number of carbonyl (C=O) groups is 1. The predicted molar refractivity (Wildman–Crippen MR) is 84.8 cm³/mol. The van der Waals surface area contributed by atoms with Gasteiger partial charge in [0.1, 0.15) is 11.8 Å². The number of unbranched alkanes of at least 4 members (excludes halogenated alkanes) is 2. The molecule has 4 nitrogen and oxygen atoms in total. The van der Waals surface area contributed by atoms with Crippen molar-refractivity contribution >= 4 is 17.3 Å². The molecule has 1 amide bonds. The van der Waals surface area contributed by atoms with Crippen molar-refractivity contribution in [2.24, 2.45) is 5.92 Å². The summed E-state index contributed by atoms with van der Waals surface area (Å²) in [6, 6.07) is 5.63. The second-order valence-corrected chi connectivity index (χ2v) is 6.18. The summed E-state index contributed by atoms with van der Waals surface area (Å²) in [5.41, 5.74) is 1.79. The Labute approximate surface area is 126 Å². The van der Waals surface area contributed by atoms with Gasteiger partial charge in [-0.05, 0) is 24.5 Å². The summed E-state index contributed by atoms with van der Waals surface area (Å²) < 4.78 is 5.18. The van der Waals surface area contributed by atoms with E-state index >= 15 is 0 Å². The lowest BCUT2D eigenvalue weighted by molar-refractivity contribution is -0.117. The number of hydrogen-bond donors (Lipinski definition) is 2. The van der Waals surface area contributed by atoms with Gasteiger partial charge in [-0.2, -0.15) is 0 Å². The van der Waals surface area contributed by atoms with E-state index in [4.69, 9.17) is 4.74 Å². The first-order valence-corrected chi connectivity index (χ1v) is 8.01. The van der Waals surface area contributed by atoms with Crippen LogP contribution in [0.2, 0.25) is 0 Å². The summed E-state index contributed by atoms with van der Waals surface area (Å²) in [5.74, 6) is 1.84. The number of anilines is 2. The maximum absolute atomic E-state index is 12.1. The standard InChI is InChI=1S/C17H24N2O2/c1-21-13-9-10-14-16(11-13)19-17(20)15(18-14)6-4-2-3-5-12-7-8-12/h9-12,15,18H,2-8H2,1H3,(H,19,20). The quantitative estimate of drug-likeness (QED) is 0.751. The molecule has 3 rings (SSSR count). The van der Waals surface area contributed by atoms with Crippen molar-refractivity contribution in [3.63, 3.8) is 0 Å². The second kappa shape index (κ2) is 6.37. The summed E-state index contributed by atoms with van der Waals surface area (Å²) in [6.45, 7) is 0.